The summed E-state index contributed by atoms with van der Waals surface area (Å²) >= 11 is 12.0. The molecule has 1 rings (SSSR count). The van der Waals surface area contributed by atoms with Gasteiger partial charge in [0.2, 0.25) is 5.91 Å². The molecule has 0 aliphatic carbocycles. The molecular weight excluding hydrogens is 345 g/mol. The van der Waals surface area contributed by atoms with Crippen LogP contribution in [0.5, 0.6) is 0 Å². The molecule has 126 valence electrons. The Kier molecular flexibility index (Phi) is 7.85. The number of carboxylic acids is 1. The molecule has 0 aromatic heterocycles. The minimum atomic E-state index is -1.22. The van der Waals surface area contributed by atoms with Gasteiger partial charge in [-0.3, -0.25) is 9.59 Å². The second kappa shape index (κ2) is 9.37. The van der Waals surface area contributed by atoms with Crippen LogP contribution in [0.3, 0.4) is 0 Å². The van der Waals surface area contributed by atoms with Crippen molar-refractivity contribution in [3.05, 3.63) is 33.8 Å². The maximum Gasteiger partial charge on any atom is 0.326 e. The van der Waals surface area contributed by atoms with Crippen LogP contribution in [0, 0.1) is 0 Å². The summed E-state index contributed by atoms with van der Waals surface area (Å²) in [6, 6.07) is 3.62. The number of esters is 1. The Balaban J connectivity index is 2.67. The number of carboxylic acid groups (broad SMARTS) is 1. The summed E-state index contributed by atoms with van der Waals surface area (Å²) in [5.74, 6) is -2.29. The number of rotatable bonds is 8. The zero-order valence-electron chi connectivity index (χ0n) is 12.5. The first-order valence-corrected chi connectivity index (χ1v) is 7.71. The third-order valence-corrected chi connectivity index (χ3v) is 3.67. The lowest BCUT2D eigenvalue weighted by molar-refractivity contribution is -0.144. The first-order chi connectivity index (χ1) is 10.8. The highest BCUT2D eigenvalue weighted by molar-refractivity contribution is 6.36. The number of hydrogen-bond donors (Lipinski definition) is 2. The lowest BCUT2D eigenvalue weighted by atomic mass is 10.1. The molecule has 1 aromatic carbocycles. The van der Waals surface area contributed by atoms with Gasteiger partial charge >= 0.3 is 11.9 Å². The van der Waals surface area contributed by atoms with Crippen LogP contribution >= 0.6 is 23.2 Å². The monoisotopic (exact) mass is 361 g/mol. The molecule has 1 atom stereocenters. The zero-order valence-corrected chi connectivity index (χ0v) is 14.0. The van der Waals surface area contributed by atoms with Crippen molar-refractivity contribution in [1.29, 1.82) is 0 Å². The van der Waals surface area contributed by atoms with Gasteiger partial charge in [-0.15, -0.1) is 0 Å². The van der Waals surface area contributed by atoms with E-state index in [4.69, 9.17) is 27.9 Å². The van der Waals surface area contributed by atoms with Crippen molar-refractivity contribution in [1.82, 2.24) is 5.32 Å². The van der Waals surface area contributed by atoms with E-state index in [2.05, 4.69) is 5.32 Å². The summed E-state index contributed by atoms with van der Waals surface area (Å²) in [7, 11) is 0. The van der Waals surface area contributed by atoms with Crippen LogP contribution in [0.15, 0.2) is 18.2 Å². The smallest absolute Gasteiger partial charge is 0.326 e. The van der Waals surface area contributed by atoms with Crippen LogP contribution in [0.25, 0.3) is 0 Å². The van der Waals surface area contributed by atoms with Crippen LogP contribution < -0.4 is 5.32 Å². The minimum absolute atomic E-state index is 0.0566. The van der Waals surface area contributed by atoms with Crippen molar-refractivity contribution in [3.8, 4) is 0 Å². The fourth-order valence-corrected chi connectivity index (χ4v) is 2.40. The Morgan fingerprint density at radius 3 is 2.35 bits per heavy atom. The molecule has 0 unspecified atom stereocenters. The molecule has 0 fully saturated rings. The first kappa shape index (κ1) is 19.3. The Morgan fingerprint density at radius 1 is 1.22 bits per heavy atom. The third kappa shape index (κ3) is 6.46. The summed E-state index contributed by atoms with van der Waals surface area (Å²) in [4.78, 5) is 34.3. The molecular formula is C15H17Cl2NO5. The second-order valence-electron chi connectivity index (χ2n) is 4.67. The van der Waals surface area contributed by atoms with Gasteiger partial charge in [0.25, 0.3) is 0 Å². The summed E-state index contributed by atoms with van der Waals surface area (Å²) in [6.07, 6.45) is -0.323. The average molecular weight is 362 g/mol. The van der Waals surface area contributed by atoms with E-state index in [0.717, 1.165) is 0 Å². The number of amides is 1. The number of carbonyl (C=O) groups is 3. The number of halogens is 2. The van der Waals surface area contributed by atoms with Crippen LogP contribution in [0.4, 0.5) is 0 Å². The lowest BCUT2D eigenvalue weighted by Crippen LogP contribution is -2.42. The number of ether oxygens (including phenoxy) is 1. The van der Waals surface area contributed by atoms with Crippen LogP contribution in [0.1, 0.15) is 25.3 Å². The van der Waals surface area contributed by atoms with Gasteiger partial charge in [-0.2, -0.15) is 0 Å². The van der Waals surface area contributed by atoms with E-state index >= 15 is 0 Å². The molecule has 2 N–H and O–H groups in total. The highest BCUT2D eigenvalue weighted by atomic mass is 35.5. The third-order valence-electron chi connectivity index (χ3n) is 2.96. The quantitative estimate of drug-likeness (QED) is 0.693. The lowest BCUT2D eigenvalue weighted by Gasteiger charge is -2.16. The molecule has 0 saturated carbocycles. The van der Waals surface area contributed by atoms with Crippen LogP contribution in [-0.4, -0.2) is 35.6 Å². The van der Waals surface area contributed by atoms with Gasteiger partial charge in [0.05, 0.1) is 13.0 Å². The molecule has 0 bridgehead atoms. The van der Waals surface area contributed by atoms with Crippen molar-refractivity contribution < 1.29 is 24.2 Å². The van der Waals surface area contributed by atoms with Gasteiger partial charge < -0.3 is 15.2 Å². The van der Waals surface area contributed by atoms with E-state index in [1.807, 2.05) is 0 Å². The van der Waals surface area contributed by atoms with Crippen molar-refractivity contribution in [2.45, 2.75) is 32.2 Å². The SMILES string of the molecule is CCOC(=O)CCC(=O)N[C@H](Cc1c(Cl)cccc1Cl)C(=O)O. The van der Waals surface area contributed by atoms with Crippen LogP contribution in [0.2, 0.25) is 10.0 Å². The van der Waals surface area contributed by atoms with E-state index in [0.29, 0.717) is 15.6 Å². The van der Waals surface area contributed by atoms with E-state index < -0.39 is 23.9 Å². The molecule has 0 aliphatic heterocycles. The molecule has 0 aliphatic rings. The number of benzene rings is 1. The summed E-state index contributed by atoms with van der Waals surface area (Å²) in [5.41, 5.74) is 0.439. The standard InChI is InChI=1S/C15H17Cl2NO5/c1-2-23-14(20)7-6-13(19)18-12(15(21)22)8-9-10(16)4-3-5-11(9)17/h3-5,12H,2,6-8H2,1H3,(H,18,19)(H,21,22)/t12-/m1/s1. The van der Waals surface area contributed by atoms with Gasteiger partial charge in [-0.05, 0) is 24.6 Å². The summed E-state index contributed by atoms with van der Waals surface area (Å²) < 4.78 is 4.70. The minimum Gasteiger partial charge on any atom is -0.480 e. The predicted molar refractivity (Wildman–Crippen MR) is 85.6 cm³/mol. The van der Waals surface area contributed by atoms with E-state index in [-0.39, 0.29) is 25.9 Å². The average Bonchev–Trinajstić information content (AvgIpc) is 2.48. The van der Waals surface area contributed by atoms with E-state index in [1.165, 1.54) is 0 Å². The van der Waals surface area contributed by atoms with E-state index in [9.17, 15) is 19.5 Å². The first-order valence-electron chi connectivity index (χ1n) is 6.95. The normalized spacial score (nSPS) is 11.6. The Hall–Kier alpha value is -1.79. The predicted octanol–water partition coefficient (Wildman–Crippen LogP) is 2.45. The molecule has 0 saturated heterocycles. The number of hydrogen-bond acceptors (Lipinski definition) is 4. The second-order valence-corrected chi connectivity index (χ2v) is 5.48. The molecule has 0 heterocycles. The molecule has 1 amide bonds. The fourth-order valence-electron chi connectivity index (χ4n) is 1.85. The molecule has 1 aromatic rings. The fraction of sp³-hybridized carbons (Fsp3) is 0.400. The van der Waals surface area contributed by atoms with Crippen molar-refractivity contribution in [3.63, 3.8) is 0 Å². The summed E-state index contributed by atoms with van der Waals surface area (Å²) in [6.45, 7) is 1.88. The largest absolute Gasteiger partial charge is 0.480 e. The molecule has 0 radical (unpaired) electrons. The molecule has 23 heavy (non-hydrogen) atoms. The number of nitrogens with one attached hydrogen (secondary N) is 1. The molecule has 6 nitrogen and oxygen atoms in total. The van der Waals surface area contributed by atoms with Crippen molar-refractivity contribution in [2.24, 2.45) is 0 Å². The van der Waals surface area contributed by atoms with Crippen molar-refractivity contribution >= 4 is 41.0 Å². The highest BCUT2D eigenvalue weighted by Crippen LogP contribution is 2.25. The highest BCUT2D eigenvalue weighted by Gasteiger charge is 2.23. The molecule has 0 spiro atoms. The van der Waals surface area contributed by atoms with Gasteiger partial charge in [0, 0.05) is 22.9 Å². The Labute approximate surface area is 143 Å². The maximum atomic E-state index is 11.8. The zero-order chi connectivity index (χ0) is 17.4. The van der Waals surface area contributed by atoms with Gasteiger partial charge in [0.15, 0.2) is 0 Å². The maximum absolute atomic E-state index is 11.8. The van der Waals surface area contributed by atoms with Crippen molar-refractivity contribution in [2.75, 3.05) is 6.61 Å². The van der Waals surface area contributed by atoms with Crippen LogP contribution in [-0.2, 0) is 25.5 Å². The van der Waals surface area contributed by atoms with Gasteiger partial charge in [0.1, 0.15) is 6.04 Å². The molecule has 8 heteroatoms. The van der Waals surface area contributed by atoms with E-state index in [1.54, 1.807) is 25.1 Å². The number of carbonyl (C=O) groups excluding carboxylic acids is 2. The topological polar surface area (TPSA) is 92.7 Å². The Bertz CT molecular complexity index is 571. The van der Waals surface area contributed by atoms with Gasteiger partial charge in [-0.1, -0.05) is 29.3 Å². The number of aliphatic carboxylic acids is 1. The Morgan fingerprint density at radius 2 is 1.83 bits per heavy atom. The van der Waals surface area contributed by atoms with Gasteiger partial charge in [-0.25, -0.2) is 4.79 Å². The summed E-state index contributed by atoms with van der Waals surface area (Å²) in [5, 5.41) is 12.2.